The molecule has 0 saturated heterocycles. The largest absolute Gasteiger partial charge is 0.505 e. The summed E-state index contributed by atoms with van der Waals surface area (Å²) in [4.78, 5) is 26.8. The van der Waals surface area contributed by atoms with Gasteiger partial charge in [0.15, 0.2) is 5.75 Å². The van der Waals surface area contributed by atoms with Crippen LogP contribution >= 0.6 is 0 Å². The molecule has 0 saturated carbocycles. The molecule has 0 bridgehead atoms. The third-order valence-corrected chi connectivity index (χ3v) is 2.26. The first kappa shape index (κ1) is 13.0. The van der Waals surface area contributed by atoms with E-state index >= 15 is 0 Å². The Bertz CT molecular complexity index is 455. The average Bonchev–Trinajstić information content (AvgIpc) is 2.36. The second kappa shape index (κ2) is 5.29. The van der Waals surface area contributed by atoms with Crippen molar-refractivity contribution in [3.63, 3.8) is 0 Å². The Balaban J connectivity index is 3.46. The smallest absolute Gasteiger partial charge is 0.342 e. The van der Waals surface area contributed by atoms with Gasteiger partial charge in [0.1, 0.15) is 5.56 Å². The standard InChI is InChI=1S/C11H13NO5/c1-4-7-9(13)8(11(15)17-3)6(5-12-7)10(14)16-2/h5,13H,4H2,1-3H3. The van der Waals surface area contributed by atoms with Gasteiger partial charge < -0.3 is 14.6 Å². The lowest BCUT2D eigenvalue weighted by atomic mass is 10.1. The highest BCUT2D eigenvalue weighted by Gasteiger charge is 2.25. The minimum Gasteiger partial charge on any atom is -0.505 e. The van der Waals surface area contributed by atoms with Crippen molar-refractivity contribution < 1.29 is 24.2 Å². The molecule has 0 unspecified atom stereocenters. The second-order valence-corrected chi connectivity index (χ2v) is 3.18. The van der Waals surface area contributed by atoms with Crippen molar-refractivity contribution in [1.29, 1.82) is 0 Å². The van der Waals surface area contributed by atoms with Crippen LogP contribution in [0.15, 0.2) is 6.20 Å². The van der Waals surface area contributed by atoms with E-state index in [0.717, 1.165) is 7.11 Å². The maximum atomic E-state index is 11.5. The summed E-state index contributed by atoms with van der Waals surface area (Å²) in [5.74, 6) is -1.90. The van der Waals surface area contributed by atoms with Crippen LogP contribution in [0, 0.1) is 0 Å². The minimum absolute atomic E-state index is 0.117. The fourth-order valence-electron chi connectivity index (χ4n) is 1.37. The molecule has 6 nitrogen and oxygen atoms in total. The zero-order valence-corrected chi connectivity index (χ0v) is 9.81. The van der Waals surface area contributed by atoms with Crippen LogP contribution in [0.2, 0.25) is 0 Å². The Morgan fingerprint density at radius 1 is 1.29 bits per heavy atom. The molecular formula is C11H13NO5. The molecule has 0 spiro atoms. The van der Waals surface area contributed by atoms with Crippen LogP contribution in [0.5, 0.6) is 5.75 Å². The zero-order chi connectivity index (χ0) is 13.0. The van der Waals surface area contributed by atoms with Crippen molar-refractivity contribution in [2.24, 2.45) is 0 Å². The van der Waals surface area contributed by atoms with Gasteiger partial charge in [-0.15, -0.1) is 0 Å². The van der Waals surface area contributed by atoms with Crippen LogP contribution in [0.1, 0.15) is 33.3 Å². The number of carbonyl (C=O) groups excluding carboxylic acids is 2. The van der Waals surface area contributed by atoms with Crippen molar-refractivity contribution in [3.05, 3.63) is 23.0 Å². The van der Waals surface area contributed by atoms with E-state index in [1.807, 2.05) is 0 Å². The highest BCUT2D eigenvalue weighted by Crippen LogP contribution is 2.25. The number of hydrogen-bond acceptors (Lipinski definition) is 6. The Kier molecular flexibility index (Phi) is 4.03. The molecule has 92 valence electrons. The number of nitrogens with zero attached hydrogens (tertiary/aromatic N) is 1. The maximum Gasteiger partial charge on any atom is 0.342 e. The van der Waals surface area contributed by atoms with Gasteiger partial charge in [0.25, 0.3) is 0 Å². The molecule has 0 aliphatic heterocycles. The van der Waals surface area contributed by atoms with E-state index in [-0.39, 0.29) is 16.9 Å². The first-order chi connectivity index (χ1) is 8.06. The van der Waals surface area contributed by atoms with Crippen LogP contribution in [-0.4, -0.2) is 36.2 Å². The lowest BCUT2D eigenvalue weighted by Gasteiger charge is -2.10. The number of esters is 2. The fourth-order valence-corrected chi connectivity index (χ4v) is 1.37. The molecule has 1 aromatic heterocycles. The molecule has 0 amide bonds. The third-order valence-electron chi connectivity index (χ3n) is 2.26. The molecule has 1 N–H and O–H groups in total. The van der Waals surface area contributed by atoms with Gasteiger partial charge in [-0.25, -0.2) is 9.59 Å². The van der Waals surface area contributed by atoms with E-state index in [9.17, 15) is 14.7 Å². The van der Waals surface area contributed by atoms with Crippen LogP contribution in [0.3, 0.4) is 0 Å². The number of ether oxygens (including phenoxy) is 2. The van der Waals surface area contributed by atoms with Crippen molar-refractivity contribution in [2.75, 3.05) is 14.2 Å². The summed E-state index contributed by atoms with van der Waals surface area (Å²) < 4.78 is 9.02. The Labute approximate surface area is 98.2 Å². The molecule has 6 heteroatoms. The molecule has 0 fully saturated rings. The van der Waals surface area contributed by atoms with Crippen LogP contribution in [0.25, 0.3) is 0 Å². The molecule has 17 heavy (non-hydrogen) atoms. The number of hydrogen-bond donors (Lipinski definition) is 1. The fraction of sp³-hybridized carbons (Fsp3) is 0.364. The molecule has 0 aliphatic carbocycles. The van der Waals surface area contributed by atoms with E-state index in [0.29, 0.717) is 12.1 Å². The summed E-state index contributed by atoms with van der Waals surface area (Å²) in [7, 11) is 2.34. The summed E-state index contributed by atoms with van der Waals surface area (Å²) in [6.45, 7) is 1.76. The van der Waals surface area contributed by atoms with Crippen molar-refractivity contribution in [2.45, 2.75) is 13.3 Å². The van der Waals surface area contributed by atoms with Crippen molar-refractivity contribution in [1.82, 2.24) is 4.98 Å². The molecule has 1 heterocycles. The van der Waals surface area contributed by atoms with Gasteiger partial charge in [0.05, 0.1) is 25.5 Å². The number of aryl methyl sites for hydroxylation is 1. The number of rotatable bonds is 3. The Hall–Kier alpha value is -2.11. The number of methoxy groups -OCH3 is 2. The van der Waals surface area contributed by atoms with Gasteiger partial charge in [-0.3, -0.25) is 4.98 Å². The molecule has 1 rings (SSSR count). The lowest BCUT2D eigenvalue weighted by Crippen LogP contribution is -2.14. The minimum atomic E-state index is -0.806. The molecular weight excluding hydrogens is 226 g/mol. The number of pyridine rings is 1. The van der Waals surface area contributed by atoms with Crippen LogP contribution in [0.4, 0.5) is 0 Å². The first-order valence-corrected chi connectivity index (χ1v) is 4.94. The van der Waals surface area contributed by atoms with Gasteiger partial charge in [0, 0.05) is 6.20 Å². The quantitative estimate of drug-likeness (QED) is 0.789. The van der Waals surface area contributed by atoms with Gasteiger partial charge in [-0.2, -0.15) is 0 Å². The predicted octanol–water partition coefficient (Wildman–Crippen LogP) is 0.923. The highest BCUT2D eigenvalue weighted by atomic mass is 16.5. The summed E-state index contributed by atoms with van der Waals surface area (Å²) in [5.41, 5.74) is -0.0155. The molecule has 0 atom stereocenters. The summed E-state index contributed by atoms with van der Waals surface area (Å²) >= 11 is 0. The molecule has 0 aromatic carbocycles. The molecule has 0 aliphatic rings. The van der Waals surface area contributed by atoms with Crippen molar-refractivity contribution >= 4 is 11.9 Å². The SMILES string of the molecule is CCc1ncc(C(=O)OC)c(C(=O)OC)c1O. The summed E-state index contributed by atoms with van der Waals surface area (Å²) in [5, 5.41) is 9.84. The summed E-state index contributed by atoms with van der Waals surface area (Å²) in [6.07, 6.45) is 1.62. The van der Waals surface area contributed by atoms with E-state index in [1.165, 1.54) is 13.3 Å². The van der Waals surface area contributed by atoms with E-state index in [4.69, 9.17) is 0 Å². The van der Waals surface area contributed by atoms with E-state index in [2.05, 4.69) is 14.5 Å². The van der Waals surface area contributed by atoms with Crippen LogP contribution in [-0.2, 0) is 15.9 Å². The first-order valence-electron chi connectivity index (χ1n) is 4.94. The Morgan fingerprint density at radius 3 is 2.35 bits per heavy atom. The molecule has 0 radical (unpaired) electrons. The molecule has 1 aromatic rings. The van der Waals surface area contributed by atoms with Gasteiger partial charge in [0.2, 0.25) is 0 Å². The zero-order valence-electron chi connectivity index (χ0n) is 9.81. The lowest BCUT2D eigenvalue weighted by molar-refractivity contribution is 0.0551. The third kappa shape index (κ3) is 2.35. The van der Waals surface area contributed by atoms with Gasteiger partial charge in [-0.1, -0.05) is 6.92 Å². The second-order valence-electron chi connectivity index (χ2n) is 3.18. The van der Waals surface area contributed by atoms with E-state index < -0.39 is 11.9 Å². The van der Waals surface area contributed by atoms with Crippen LogP contribution < -0.4 is 0 Å². The predicted molar refractivity (Wildman–Crippen MR) is 58.0 cm³/mol. The number of carbonyl (C=O) groups is 2. The highest BCUT2D eigenvalue weighted by molar-refractivity contribution is 6.04. The maximum absolute atomic E-state index is 11.5. The van der Waals surface area contributed by atoms with Gasteiger partial charge in [-0.05, 0) is 6.42 Å². The van der Waals surface area contributed by atoms with Gasteiger partial charge >= 0.3 is 11.9 Å². The average molecular weight is 239 g/mol. The Morgan fingerprint density at radius 2 is 1.88 bits per heavy atom. The normalized spacial score (nSPS) is 9.82. The number of aromatic hydroxyl groups is 1. The number of aromatic nitrogens is 1. The van der Waals surface area contributed by atoms with E-state index in [1.54, 1.807) is 6.92 Å². The van der Waals surface area contributed by atoms with Crippen molar-refractivity contribution in [3.8, 4) is 5.75 Å². The summed E-state index contributed by atoms with van der Waals surface area (Å²) in [6, 6.07) is 0. The monoisotopic (exact) mass is 239 g/mol. The topological polar surface area (TPSA) is 85.7 Å².